The van der Waals surface area contributed by atoms with Gasteiger partial charge in [-0.15, -0.1) is 0 Å². The Morgan fingerprint density at radius 3 is 2.70 bits per heavy atom. The van der Waals surface area contributed by atoms with Gasteiger partial charge >= 0.3 is 5.97 Å². The summed E-state index contributed by atoms with van der Waals surface area (Å²) >= 11 is 0. The second-order valence-electron chi connectivity index (χ2n) is 4.28. The number of carboxylic acids is 1. The molecule has 0 saturated heterocycles. The van der Waals surface area contributed by atoms with Crippen molar-refractivity contribution >= 4 is 5.97 Å². The monoisotopic (exact) mass is 268 g/mol. The number of para-hydroxylation sites is 1. The standard InChI is InChI=1S/C15H12N2O3/c1-9-6-7-17-14(12(9)8-16)20-13-10(2)4-3-5-11(13)15(18)19/h3-7H,1-2H3,(H,18,19). The number of ether oxygens (including phenoxy) is 1. The lowest BCUT2D eigenvalue weighted by atomic mass is 10.1. The molecule has 5 nitrogen and oxygen atoms in total. The largest absolute Gasteiger partial charge is 0.478 e. The number of aromatic nitrogens is 1. The number of nitriles is 1. The summed E-state index contributed by atoms with van der Waals surface area (Å²) in [4.78, 5) is 15.2. The molecular formula is C15H12N2O3. The fourth-order valence-electron chi connectivity index (χ4n) is 1.80. The summed E-state index contributed by atoms with van der Waals surface area (Å²) in [5.41, 5.74) is 1.73. The molecule has 1 aromatic heterocycles. The molecule has 1 N–H and O–H groups in total. The molecule has 0 spiro atoms. The topological polar surface area (TPSA) is 83.2 Å². The van der Waals surface area contributed by atoms with Crippen molar-refractivity contribution in [3.8, 4) is 17.7 Å². The third kappa shape index (κ3) is 2.45. The van der Waals surface area contributed by atoms with Crippen LogP contribution in [0.2, 0.25) is 0 Å². The smallest absolute Gasteiger partial charge is 0.339 e. The number of rotatable bonds is 3. The number of pyridine rings is 1. The van der Waals surface area contributed by atoms with Gasteiger partial charge in [-0.05, 0) is 37.1 Å². The van der Waals surface area contributed by atoms with Gasteiger partial charge in [-0.1, -0.05) is 12.1 Å². The molecule has 0 radical (unpaired) electrons. The normalized spacial score (nSPS) is 9.85. The minimum absolute atomic E-state index is 0.0391. The van der Waals surface area contributed by atoms with Crippen LogP contribution < -0.4 is 4.74 Å². The summed E-state index contributed by atoms with van der Waals surface area (Å²) in [5.74, 6) is -0.770. The Hall–Kier alpha value is -2.87. The molecule has 0 bridgehead atoms. The van der Waals surface area contributed by atoms with E-state index >= 15 is 0 Å². The summed E-state index contributed by atoms with van der Waals surface area (Å²) in [6.45, 7) is 3.51. The van der Waals surface area contributed by atoms with Crippen LogP contribution >= 0.6 is 0 Å². The zero-order valence-electron chi connectivity index (χ0n) is 11.0. The third-order valence-corrected chi connectivity index (χ3v) is 2.88. The molecule has 20 heavy (non-hydrogen) atoms. The lowest BCUT2D eigenvalue weighted by molar-refractivity contribution is 0.0694. The highest BCUT2D eigenvalue weighted by Gasteiger charge is 2.17. The van der Waals surface area contributed by atoms with Crippen molar-refractivity contribution in [1.82, 2.24) is 4.98 Å². The number of aromatic carboxylic acids is 1. The molecule has 2 aromatic rings. The Morgan fingerprint density at radius 1 is 1.30 bits per heavy atom. The highest BCUT2D eigenvalue weighted by Crippen LogP contribution is 2.30. The minimum atomic E-state index is -1.09. The third-order valence-electron chi connectivity index (χ3n) is 2.88. The molecule has 5 heteroatoms. The lowest BCUT2D eigenvalue weighted by Crippen LogP contribution is -2.03. The van der Waals surface area contributed by atoms with E-state index in [1.165, 1.54) is 12.3 Å². The molecule has 0 aliphatic carbocycles. The predicted octanol–water partition coefficient (Wildman–Crippen LogP) is 3.06. The first-order chi connectivity index (χ1) is 9.54. The van der Waals surface area contributed by atoms with Crippen molar-refractivity contribution in [2.24, 2.45) is 0 Å². The second-order valence-corrected chi connectivity index (χ2v) is 4.28. The van der Waals surface area contributed by atoms with E-state index in [-0.39, 0.29) is 17.2 Å². The zero-order chi connectivity index (χ0) is 14.7. The Balaban J connectivity index is 2.54. The number of nitrogens with zero attached hydrogens (tertiary/aromatic N) is 2. The van der Waals surface area contributed by atoms with Crippen LogP contribution in [0.5, 0.6) is 11.6 Å². The molecule has 1 aromatic carbocycles. The van der Waals surface area contributed by atoms with Crippen LogP contribution in [0.1, 0.15) is 27.0 Å². The van der Waals surface area contributed by atoms with Crippen LogP contribution in [-0.2, 0) is 0 Å². The van der Waals surface area contributed by atoms with Gasteiger partial charge in [-0.25, -0.2) is 9.78 Å². The fourth-order valence-corrected chi connectivity index (χ4v) is 1.80. The van der Waals surface area contributed by atoms with Gasteiger partial charge in [0, 0.05) is 6.20 Å². The molecule has 0 amide bonds. The number of aryl methyl sites for hydroxylation is 2. The lowest BCUT2D eigenvalue weighted by Gasteiger charge is -2.12. The van der Waals surface area contributed by atoms with E-state index in [1.807, 2.05) is 6.07 Å². The molecule has 2 rings (SSSR count). The Bertz CT molecular complexity index is 718. The van der Waals surface area contributed by atoms with Gasteiger partial charge in [0.25, 0.3) is 0 Å². The van der Waals surface area contributed by atoms with Crippen molar-refractivity contribution in [3.63, 3.8) is 0 Å². The van der Waals surface area contributed by atoms with Crippen molar-refractivity contribution in [2.75, 3.05) is 0 Å². The summed E-state index contributed by atoms with van der Waals surface area (Å²) in [7, 11) is 0. The molecular weight excluding hydrogens is 256 g/mol. The molecule has 0 atom stereocenters. The molecule has 0 aliphatic rings. The van der Waals surface area contributed by atoms with E-state index in [0.717, 1.165) is 5.56 Å². The summed E-state index contributed by atoms with van der Waals surface area (Å²) in [6, 6.07) is 8.54. The molecule has 0 fully saturated rings. The van der Waals surface area contributed by atoms with Gasteiger partial charge in [0.2, 0.25) is 5.88 Å². The van der Waals surface area contributed by atoms with Gasteiger partial charge in [-0.2, -0.15) is 5.26 Å². The van der Waals surface area contributed by atoms with E-state index in [1.54, 1.807) is 32.0 Å². The first-order valence-electron chi connectivity index (χ1n) is 5.91. The van der Waals surface area contributed by atoms with Crippen LogP contribution in [-0.4, -0.2) is 16.1 Å². The first-order valence-corrected chi connectivity index (χ1v) is 5.91. The van der Waals surface area contributed by atoms with Crippen molar-refractivity contribution < 1.29 is 14.6 Å². The van der Waals surface area contributed by atoms with Crippen LogP contribution in [0.4, 0.5) is 0 Å². The van der Waals surface area contributed by atoms with E-state index in [2.05, 4.69) is 4.98 Å². The summed E-state index contributed by atoms with van der Waals surface area (Å²) in [6.07, 6.45) is 1.52. The van der Waals surface area contributed by atoms with E-state index in [4.69, 9.17) is 10.00 Å². The predicted molar refractivity (Wildman–Crippen MR) is 71.9 cm³/mol. The molecule has 0 saturated carbocycles. The van der Waals surface area contributed by atoms with E-state index < -0.39 is 5.97 Å². The number of hydrogen-bond acceptors (Lipinski definition) is 4. The minimum Gasteiger partial charge on any atom is -0.478 e. The Morgan fingerprint density at radius 2 is 2.05 bits per heavy atom. The average molecular weight is 268 g/mol. The highest BCUT2D eigenvalue weighted by atomic mass is 16.5. The van der Waals surface area contributed by atoms with Gasteiger partial charge in [-0.3, -0.25) is 0 Å². The number of hydrogen-bond donors (Lipinski definition) is 1. The molecule has 0 unspecified atom stereocenters. The summed E-state index contributed by atoms with van der Waals surface area (Å²) in [5, 5.41) is 18.3. The summed E-state index contributed by atoms with van der Waals surface area (Å²) < 4.78 is 5.59. The molecule has 1 heterocycles. The van der Waals surface area contributed by atoms with E-state index in [9.17, 15) is 9.90 Å². The fraction of sp³-hybridized carbons (Fsp3) is 0.133. The van der Waals surface area contributed by atoms with Crippen molar-refractivity contribution in [1.29, 1.82) is 5.26 Å². The SMILES string of the molecule is Cc1ccnc(Oc2c(C)cccc2C(=O)O)c1C#N. The van der Waals surface area contributed by atoms with Crippen LogP contribution in [0.25, 0.3) is 0 Å². The van der Waals surface area contributed by atoms with E-state index in [0.29, 0.717) is 11.1 Å². The number of benzene rings is 1. The van der Waals surface area contributed by atoms with Crippen LogP contribution in [0, 0.1) is 25.2 Å². The van der Waals surface area contributed by atoms with Gasteiger partial charge in [0.15, 0.2) is 0 Å². The van der Waals surface area contributed by atoms with Crippen molar-refractivity contribution in [2.45, 2.75) is 13.8 Å². The van der Waals surface area contributed by atoms with Gasteiger partial charge in [0.1, 0.15) is 22.9 Å². The van der Waals surface area contributed by atoms with Gasteiger partial charge < -0.3 is 9.84 Å². The zero-order valence-corrected chi connectivity index (χ0v) is 11.0. The maximum Gasteiger partial charge on any atom is 0.339 e. The molecule has 100 valence electrons. The molecule has 0 aliphatic heterocycles. The maximum atomic E-state index is 11.2. The van der Waals surface area contributed by atoms with Gasteiger partial charge in [0.05, 0.1) is 0 Å². The van der Waals surface area contributed by atoms with Crippen LogP contribution in [0.3, 0.4) is 0 Å². The Labute approximate surface area is 116 Å². The number of carbonyl (C=O) groups is 1. The van der Waals surface area contributed by atoms with Crippen LogP contribution in [0.15, 0.2) is 30.5 Å². The highest BCUT2D eigenvalue weighted by molar-refractivity contribution is 5.91. The first kappa shape index (κ1) is 13.6. The average Bonchev–Trinajstić information content (AvgIpc) is 2.41. The Kier molecular flexibility index (Phi) is 3.67. The quantitative estimate of drug-likeness (QED) is 0.924. The second kappa shape index (κ2) is 5.41. The number of carboxylic acid groups (broad SMARTS) is 1. The maximum absolute atomic E-state index is 11.2. The van der Waals surface area contributed by atoms with Crippen molar-refractivity contribution in [3.05, 3.63) is 52.7 Å².